The van der Waals surface area contributed by atoms with Crippen LogP contribution in [0.5, 0.6) is 0 Å². The molecule has 18 heavy (non-hydrogen) atoms. The summed E-state index contributed by atoms with van der Waals surface area (Å²) >= 11 is 0. The smallest absolute Gasteiger partial charge is 0.234 e. The van der Waals surface area contributed by atoms with Crippen molar-refractivity contribution in [2.24, 2.45) is 0 Å². The van der Waals surface area contributed by atoms with Crippen molar-refractivity contribution in [3.63, 3.8) is 0 Å². The summed E-state index contributed by atoms with van der Waals surface area (Å²) in [7, 11) is 0. The van der Waals surface area contributed by atoms with Crippen LogP contribution in [0.2, 0.25) is 0 Å². The van der Waals surface area contributed by atoms with Crippen molar-refractivity contribution in [2.45, 2.75) is 25.7 Å². The van der Waals surface area contributed by atoms with Crippen LogP contribution < -0.4 is 5.32 Å². The van der Waals surface area contributed by atoms with Gasteiger partial charge in [-0.2, -0.15) is 4.98 Å². The molecule has 1 aromatic heterocycles. The number of hydrogen-bond acceptors (Lipinski definition) is 4. The minimum absolute atomic E-state index is 0.0199. The summed E-state index contributed by atoms with van der Waals surface area (Å²) < 4.78 is 5.46. The topological polar surface area (TPSA) is 51.0 Å². The Morgan fingerprint density at radius 2 is 2.17 bits per heavy atom. The first-order chi connectivity index (χ1) is 8.69. The maximum atomic E-state index is 5.46. The van der Waals surface area contributed by atoms with Crippen LogP contribution in [0.1, 0.15) is 24.8 Å². The Labute approximate surface area is 106 Å². The normalized spacial score (nSPS) is 23.4. The lowest BCUT2D eigenvalue weighted by Gasteiger charge is -2.15. The van der Waals surface area contributed by atoms with Gasteiger partial charge < -0.3 is 9.84 Å². The predicted molar refractivity (Wildman–Crippen MR) is 69.3 cm³/mol. The third-order valence-electron chi connectivity index (χ3n) is 3.70. The van der Waals surface area contributed by atoms with Crippen molar-refractivity contribution in [3.05, 3.63) is 35.7 Å². The van der Waals surface area contributed by atoms with Gasteiger partial charge in [-0.3, -0.25) is 0 Å². The minimum atomic E-state index is -0.0199. The molecule has 1 aliphatic heterocycles. The quantitative estimate of drug-likeness (QED) is 0.879. The zero-order chi connectivity index (χ0) is 12.6. The number of rotatable bonds is 2. The highest BCUT2D eigenvalue weighted by Crippen LogP contribution is 2.30. The standard InChI is InChI=1S/C14H17N3O/c1-10-5-3-4-6-11(10)12-16-13(18-17-12)14(2)7-8-15-9-14/h3-6,15H,7-9H2,1-2H3. The molecule has 1 fully saturated rings. The fraction of sp³-hybridized carbons (Fsp3) is 0.429. The van der Waals surface area contributed by atoms with Gasteiger partial charge in [-0.15, -0.1) is 0 Å². The van der Waals surface area contributed by atoms with Crippen molar-refractivity contribution in [1.29, 1.82) is 0 Å². The van der Waals surface area contributed by atoms with Crippen LogP contribution >= 0.6 is 0 Å². The third kappa shape index (κ3) is 1.82. The lowest BCUT2D eigenvalue weighted by atomic mass is 9.90. The Morgan fingerprint density at radius 3 is 2.89 bits per heavy atom. The summed E-state index contributed by atoms with van der Waals surface area (Å²) in [5.41, 5.74) is 2.19. The second-order valence-electron chi connectivity index (χ2n) is 5.23. The first-order valence-electron chi connectivity index (χ1n) is 6.30. The first kappa shape index (κ1) is 11.4. The highest BCUT2D eigenvalue weighted by atomic mass is 16.5. The Balaban J connectivity index is 1.97. The van der Waals surface area contributed by atoms with Gasteiger partial charge in [-0.25, -0.2) is 0 Å². The van der Waals surface area contributed by atoms with Gasteiger partial charge in [0.15, 0.2) is 0 Å². The summed E-state index contributed by atoms with van der Waals surface area (Å²) in [5.74, 6) is 1.43. The maximum absolute atomic E-state index is 5.46. The lowest BCUT2D eigenvalue weighted by Crippen LogP contribution is -2.25. The van der Waals surface area contributed by atoms with E-state index in [2.05, 4.69) is 35.4 Å². The van der Waals surface area contributed by atoms with Crippen molar-refractivity contribution in [1.82, 2.24) is 15.5 Å². The molecule has 4 heteroatoms. The van der Waals surface area contributed by atoms with Gasteiger partial charge in [0.1, 0.15) is 0 Å². The molecule has 0 radical (unpaired) electrons. The van der Waals surface area contributed by atoms with E-state index in [1.807, 2.05) is 18.2 Å². The van der Waals surface area contributed by atoms with E-state index in [-0.39, 0.29) is 5.41 Å². The molecule has 94 valence electrons. The summed E-state index contributed by atoms with van der Waals surface area (Å²) in [6.07, 6.45) is 1.04. The largest absolute Gasteiger partial charge is 0.338 e. The van der Waals surface area contributed by atoms with Gasteiger partial charge in [-0.1, -0.05) is 29.4 Å². The van der Waals surface area contributed by atoms with Crippen LogP contribution in [-0.2, 0) is 5.41 Å². The molecule has 1 N–H and O–H groups in total. The molecule has 0 saturated carbocycles. The number of aromatic nitrogens is 2. The molecule has 0 bridgehead atoms. The van der Waals surface area contributed by atoms with Gasteiger partial charge in [0.05, 0.1) is 5.41 Å². The molecule has 0 amide bonds. The summed E-state index contributed by atoms with van der Waals surface area (Å²) in [5, 5.41) is 7.47. The zero-order valence-corrected chi connectivity index (χ0v) is 10.7. The Hall–Kier alpha value is -1.68. The third-order valence-corrected chi connectivity index (χ3v) is 3.70. The number of hydrogen-bond donors (Lipinski definition) is 1. The number of benzene rings is 1. The second kappa shape index (κ2) is 4.21. The first-order valence-corrected chi connectivity index (χ1v) is 6.30. The van der Waals surface area contributed by atoms with E-state index in [0.29, 0.717) is 5.82 Å². The van der Waals surface area contributed by atoms with Crippen molar-refractivity contribution in [2.75, 3.05) is 13.1 Å². The van der Waals surface area contributed by atoms with Crippen LogP contribution in [0.25, 0.3) is 11.4 Å². The molecular formula is C14H17N3O. The van der Waals surface area contributed by atoms with E-state index in [1.54, 1.807) is 0 Å². The van der Waals surface area contributed by atoms with Crippen LogP contribution in [-0.4, -0.2) is 23.2 Å². The average molecular weight is 243 g/mol. The Morgan fingerprint density at radius 1 is 1.33 bits per heavy atom. The van der Waals surface area contributed by atoms with Gasteiger partial charge in [-0.05, 0) is 32.4 Å². The van der Waals surface area contributed by atoms with Crippen molar-refractivity contribution < 1.29 is 4.52 Å². The van der Waals surface area contributed by atoms with Crippen LogP contribution in [0.15, 0.2) is 28.8 Å². The molecular weight excluding hydrogens is 226 g/mol. The molecule has 0 aliphatic carbocycles. The summed E-state index contributed by atoms with van der Waals surface area (Å²) in [6.45, 7) is 6.15. The molecule has 3 rings (SSSR count). The van der Waals surface area contributed by atoms with E-state index in [4.69, 9.17) is 4.52 Å². The van der Waals surface area contributed by atoms with E-state index >= 15 is 0 Å². The van der Waals surface area contributed by atoms with E-state index < -0.39 is 0 Å². The molecule has 1 aromatic carbocycles. The average Bonchev–Trinajstić information content (AvgIpc) is 2.99. The Bertz CT molecular complexity index is 556. The number of aryl methyl sites for hydroxylation is 1. The van der Waals surface area contributed by atoms with Crippen molar-refractivity contribution in [3.8, 4) is 11.4 Å². The molecule has 0 spiro atoms. The monoisotopic (exact) mass is 243 g/mol. The van der Waals surface area contributed by atoms with E-state index in [1.165, 1.54) is 5.56 Å². The van der Waals surface area contributed by atoms with Gasteiger partial charge in [0.25, 0.3) is 0 Å². The van der Waals surface area contributed by atoms with Crippen molar-refractivity contribution >= 4 is 0 Å². The Kier molecular flexibility index (Phi) is 2.67. The molecule has 2 heterocycles. The van der Waals surface area contributed by atoms with Gasteiger partial charge in [0, 0.05) is 12.1 Å². The predicted octanol–water partition coefficient (Wildman–Crippen LogP) is 2.30. The van der Waals surface area contributed by atoms with Crippen LogP contribution in [0.3, 0.4) is 0 Å². The highest BCUT2D eigenvalue weighted by Gasteiger charge is 2.36. The fourth-order valence-corrected chi connectivity index (χ4v) is 2.40. The zero-order valence-electron chi connectivity index (χ0n) is 10.7. The minimum Gasteiger partial charge on any atom is -0.338 e. The number of nitrogens with zero attached hydrogens (tertiary/aromatic N) is 2. The molecule has 4 nitrogen and oxygen atoms in total. The second-order valence-corrected chi connectivity index (χ2v) is 5.23. The van der Waals surface area contributed by atoms with Crippen LogP contribution in [0, 0.1) is 6.92 Å². The van der Waals surface area contributed by atoms with Gasteiger partial charge in [0.2, 0.25) is 11.7 Å². The van der Waals surface area contributed by atoms with E-state index in [0.717, 1.165) is 31.0 Å². The molecule has 1 unspecified atom stereocenters. The van der Waals surface area contributed by atoms with E-state index in [9.17, 15) is 0 Å². The fourth-order valence-electron chi connectivity index (χ4n) is 2.40. The highest BCUT2D eigenvalue weighted by molar-refractivity contribution is 5.59. The lowest BCUT2D eigenvalue weighted by molar-refractivity contribution is 0.306. The molecule has 2 aromatic rings. The summed E-state index contributed by atoms with van der Waals surface area (Å²) in [6, 6.07) is 8.10. The van der Waals surface area contributed by atoms with Crippen LogP contribution in [0.4, 0.5) is 0 Å². The maximum Gasteiger partial charge on any atom is 0.234 e. The molecule has 1 saturated heterocycles. The number of nitrogens with one attached hydrogen (secondary N) is 1. The summed E-state index contributed by atoms with van der Waals surface area (Å²) in [4.78, 5) is 4.58. The molecule has 1 atom stereocenters. The SMILES string of the molecule is Cc1ccccc1-c1noc(C2(C)CCNC2)n1. The van der Waals surface area contributed by atoms with Gasteiger partial charge >= 0.3 is 0 Å². The molecule has 1 aliphatic rings.